The van der Waals surface area contributed by atoms with Crippen molar-refractivity contribution in [1.82, 2.24) is 4.90 Å². The monoisotopic (exact) mass is 479 g/mol. The quantitative estimate of drug-likeness (QED) is 0.492. The molecular weight excluding hydrogens is 450 g/mol. The van der Waals surface area contributed by atoms with E-state index in [1.807, 2.05) is 0 Å². The number of carbonyl (C=O) groups is 3. The van der Waals surface area contributed by atoms with E-state index in [0.717, 1.165) is 0 Å². The number of methoxy groups -OCH3 is 1. The van der Waals surface area contributed by atoms with E-state index in [4.69, 9.17) is 14.2 Å². The van der Waals surface area contributed by atoms with Crippen LogP contribution in [0.15, 0.2) is 36.1 Å². The highest BCUT2D eigenvalue weighted by molar-refractivity contribution is 6.15. The number of benzene rings is 2. The van der Waals surface area contributed by atoms with Crippen LogP contribution in [0.4, 0.5) is 0 Å². The molecule has 1 saturated heterocycles. The lowest BCUT2D eigenvalue weighted by Gasteiger charge is -2.31. The van der Waals surface area contributed by atoms with E-state index >= 15 is 0 Å². The van der Waals surface area contributed by atoms with Crippen molar-refractivity contribution in [3.05, 3.63) is 63.9 Å². The zero-order valence-electron chi connectivity index (χ0n) is 20.1. The van der Waals surface area contributed by atoms with E-state index in [-0.39, 0.29) is 29.2 Å². The Labute approximate surface area is 204 Å². The van der Waals surface area contributed by atoms with Gasteiger partial charge in [-0.05, 0) is 75.2 Å². The molecule has 0 amide bonds. The summed E-state index contributed by atoms with van der Waals surface area (Å²) in [5.74, 6) is -0.357. The summed E-state index contributed by atoms with van der Waals surface area (Å²) in [6, 6.07) is 8.24. The Kier molecular flexibility index (Phi) is 7.21. The van der Waals surface area contributed by atoms with Crippen molar-refractivity contribution in [1.29, 1.82) is 0 Å². The van der Waals surface area contributed by atoms with Crippen molar-refractivity contribution in [3.63, 3.8) is 0 Å². The van der Waals surface area contributed by atoms with Gasteiger partial charge in [0.1, 0.15) is 11.5 Å². The summed E-state index contributed by atoms with van der Waals surface area (Å²) in [4.78, 5) is 39.0. The summed E-state index contributed by atoms with van der Waals surface area (Å²) in [7, 11) is 1.32. The number of phenols is 1. The third kappa shape index (κ3) is 5.07. The number of aromatic hydroxyl groups is 1. The van der Waals surface area contributed by atoms with Gasteiger partial charge in [-0.15, -0.1) is 0 Å². The Bertz CT molecular complexity index is 1180. The molecule has 1 N–H and O–H groups in total. The van der Waals surface area contributed by atoms with Crippen LogP contribution in [0.3, 0.4) is 0 Å². The summed E-state index contributed by atoms with van der Waals surface area (Å²) < 4.78 is 15.9. The van der Waals surface area contributed by atoms with Crippen LogP contribution in [-0.2, 0) is 20.8 Å². The Balaban J connectivity index is 1.54. The number of carbonyl (C=O) groups excluding carboxylic acids is 3. The lowest BCUT2D eigenvalue weighted by molar-refractivity contribution is -0.149. The molecule has 0 radical (unpaired) electrons. The van der Waals surface area contributed by atoms with Crippen LogP contribution in [0.25, 0.3) is 6.08 Å². The number of likely N-dealkylation sites (tertiary alicyclic amines) is 1. The predicted octanol–water partition coefficient (Wildman–Crippen LogP) is 3.88. The number of allylic oxidation sites excluding steroid dienone is 1. The minimum Gasteiger partial charge on any atom is -0.507 e. The number of ketones is 1. The Hall–Kier alpha value is -3.65. The molecule has 2 heterocycles. The highest BCUT2D eigenvalue weighted by Crippen LogP contribution is 2.42. The molecule has 0 spiro atoms. The minimum absolute atomic E-state index is 0.0743. The molecule has 4 rings (SSSR count). The fourth-order valence-corrected chi connectivity index (χ4v) is 4.53. The zero-order valence-corrected chi connectivity index (χ0v) is 20.1. The molecule has 0 atom stereocenters. The van der Waals surface area contributed by atoms with Crippen molar-refractivity contribution in [2.45, 2.75) is 33.2 Å². The maximum atomic E-state index is 13.2. The summed E-state index contributed by atoms with van der Waals surface area (Å²) in [6.45, 7) is 5.69. The second-order valence-corrected chi connectivity index (χ2v) is 8.75. The summed E-state index contributed by atoms with van der Waals surface area (Å²) in [5.41, 5.74) is 2.73. The molecular formula is C27H29NO7. The first kappa shape index (κ1) is 24.5. The molecule has 0 aromatic heterocycles. The number of ether oxygens (including phenoxy) is 3. The summed E-state index contributed by atoms with van der Waals surface area (Å²) in [6.07, 6.45) is 2.98. The van der Waals surface area contributed by atoms with Gasteiger partial charge in [-0.2, -0.15) is 0 Å². The van der Waals surface area contributed by atoms with Gasteiger partial charge in [-0.3, -0.25) is 14.5 Å². The molecule has 2 aliphatic heterocycles. The molecule has 35 heavy (non-hydrogen) atoms. The topological polar surface area (TPSA) is 102 Å². The highest BCUT2D eigenvalue weighted by atomic mass is 16.5. The smallest absolute Gasteiger partial charge is 0.337 e. The molecule has 0 saturated carbocycles. The molecule has 184 valence electrons. The zero-order chi connectivity index (χ0) is 25.1. The summed E-state index contributed by atoms with van der Waals surface area (Å²) >= 11 is 0. The van der Waals surface area contributed by atoms with Crippen molar-refractivity contribution >= 4 is 23.8 Å². The van der Waals surface area contributed by atoms with Gasteiger partial charge in [-0.25, -0.2) is 4.79 Å². The summed E-state index contributed by atoms with van der Waals surface area (Å²) in [5, 5.41) is 10.7. The van der Waals surface area contributed by atoms with Crippen molar-refractivity contribution in [2.75, 3.05) is 26.8 Å². The number of hydrogen-bond acceptors (Lipinski definition) is 8. The van der Waals surface area contributed by atoms with Crippen LogP contribution in [0, 0.1) is 12.8 Å². The average Bonchev–Trinajstić information content (AvgIpc) is 3.18. The fraction of sp³-hybridized carbons (Fsp3) is 0.370. The lowest BCUT2D eigenvalue weighted by Crippen LogP contribution is -2.36. The standard InChI is InChI=1S/C27H29NO7/c1-4-34-27(32)19-9-11-28(12-10-19)15-20-21(29)13-16(2)23-24(30)22(35-25(20)23)14-17-5-7-18(8-6-17)26(31)33-3/h5-8,13-14,19,29H,4,9-12,15H2,1-3H3/b22-14+. The Morgan fingerprint density at radius 1 is 1.20 bits per heavy atom. The second-order valence-electron chi connectivity index (χ2n) is 8.75. The van der Waals surface area contributed by atoms with Gasteiger partial charge in [0.05, 0.1) is 36.3 Å². The van der Waals surface area contributed by atoms with E-state index < -0.39 is 5.97 Å². The first-order chi connectivity index (χ1) is 16.8. The number of rotatable bonds is 6. The number of piperidine rings is 1. The second kappa shape index (κ2) is 10.3. The number of hydrogen-bond donors (Lipinski definition) is 1. The molecule has 1 fully saturated rings. The number of nitrogens with zero attached hydrogens (tertiary/aromatic N) is 1. The molecule has 0 aliphatic carbocycles. The third-order valence-corrected chi connectivity index (χ3v) is 6.44. The normalized spacial score (nSPS) is 17.2. The number of fused-ring (bicyclic) bond motifs is 1. The van der Waals surface area contributed by atoms with Gasteiger partial charge >= 0.3 is 11.9 Å². The van der Waals surface area contributed by atoms with Crippen LogP contribution >= 0.6 is 0 Å². The first-order valence-electron chi connectivity index (χ1n) is 11.7. The van der Waals surface area contributed by atoms with E-state index in [1.165, 1.54) is 7.11 Å². The predicted molar refractivity (Wildman–Crippen MR) is 128 cm³/mol. The fourth-order valence-electron chi connectivity index (χ4n) is 4.53. The van der Waals surface area contributed by atoms with Gasteiger partial charge < -0.3 is 19.3 Å². The number of esters is 2. The first-order valence-corrected chi connectivity index (χ1v) is 11.7. The molecule has 2 aliphatic rings. The number of phenolic OH excluding ortho intramolecular Hbond substituents is 1. The van der Waals surface area contributed by atoms with Crippen molar-refractivity contribution < 1.29 is 33.7 Å². The Morgan fingerprint density at radius 3 is 2.51 bits per heavy atom. The van der Waals surface area contributed by atoms with E-state index in [9.17, 15) is 19.5 Å². The van der Waals surface area contributed by atoms with Gasteiger partial charge in [0.25, 0.3) is 0 Å². The molecule has 0 unspecified atom stereocenters. The van der Waals surface area contributed by atoms with Crippen LogP contribution in [0.1, 0.15) is 57.2 Å². The molecule has 2 aromatic rings. The molecule has 8 nitrogen and oxygen atoms in total. The van der Waals surface area contributed by atoms with Crippen LogP contribution in [0.5, 0.6) is 11.5 Å². The van der Waals surface area contributed by atoms with Crippen LogP contribution in [0.2, 0.25) is 0 Å². The maximum Gasteiger partial charge on any atom is 0.337 e. The number of Topliss-reactive ketones (excluding diaryl/α,β-unsaturated/α-hetero) is 1. The van der Waals surface area contributed by atoms with Gasteiger partial charge in [-0.1, -0.05) is 12.1 Å². The van der Waals surface area contributed by atoms with E-state index in [2.05, 4.69) is 4.90 Å². The van der Waals surface area contributed by atoms with Crippen LogP contribution in [-0.4, -0.2) is 54.5 Å². The minimum atomic E-state index is -0.438. The lowest BCUT2D eigenvalue weighted by atomic mass is 9.95. The SMILES string of the molecule is CCOC(=O)C1CCN(Cc2c(O)cc(C)c3c2O/C(=C/c2ccc(C(=O)OC)cc2)C3=O)CC1. The highest BCUT2D eigenvalue weighted by Gasteiger charge is 2.34. The van der Waals surface area contributed by atoms with Crippen LogP contribution < -0.4 is 4.74 Å². The van der Waals surface area contributed by atoms with Gasteiger partial charge in [0.15, 0.2) is 5.76 Å². The third-order valence-electron chi connectivity index (χ3n) is 6.44. The van der Waals surface area contributed by atoms with Crippen molar-refractivity contribution in [3.8, 4) is 11.5 Å². The average molecular weight is 480 g/mol. The number of aryl methyl sites for hydroxylation is 1. The van der Waals surface area contributed by atoms with Gasteiger partial charge in [0.2, 0.25) is 5.78 Å². The van der Waals surface area contributed by atoms with Gasteiger partial charge in [0, 0.05) is 6.54 Å². The van der Waals surface area contributed by atoms with E-state index in [1.54, 1.807) is 50.3 Å². The molecule has 2 aromatic carbocycles. The van der Waals surface area contributed by atoms with Crippen molar-refractivity contribution in [2.24, 2.45) is 5.92 Å². The molecule has 0 bridgehead atoms. The molecule has 8 heteroatoms. The largest absolute Gasteiger partial charge is 0.507 e. The Morgan fingerprint density at radius 2 is 1.89 bits per heavy atom. The maximum absolute atomic E-state index is 13.2. The van der Waals surface area contributed by atoms with E-state index in [0.29, 0.717) is 72.6 Å².